The highest BCUT2D eigenvalue weighted by atomic mass is 16.5. The first-order chi connectivity index (χ1) is 34.4. The van der Waals surface area contributed by atoms with Gasteiger partial charge in [0, 0.05) is 104 Å². The van der Waals surface area contributed by atoms with E-state index in [0.717, 1.165) is 90.7 Å². The first kappa shape index (κ1) is 48.0. The molecule has 5 aliphatic heterocycles. The number of benzene rings is 2. The van der Waals surface area contributed by atoms with Crippen LogP contribution in [0.3, 0.4) is 0 Å². The number of carbonyl (C=O) groups excluding carboxylic acids is 3. The van der Waals surface area contributed by atoms with E-state index in [9.17, 15) is 24.6 Å². The number of terminal acetylenes is 1. The maximum Gasteiger partial charge on any atom is 0.318 e. The largest absolute Gasteiger partial charge is 0.507 e. The Morgan fingerprint density at radius 3 is 2.37 bits per heavy atom. The molecule has 0 bridgehead atoms. The van der Waals surface area contributed by atoms with E-state index >= 15 is 0 Å². The van der Waals surface area contributed by atoms with Crippen LogP contribution in [0.1, 0.15) is 112 Å². The van der Waals surface area contributed by atoms with Crippen LogP contribution in [0.4, 0.5) is 10.7 Å². The van der Waals surface area contributed by atoms with Gasteiger partial charge in [-0.25, -0.2) is 14.8 Å². The Kier molecular flexibility index (Phi) is 13.7. The molecule has 17 nitrogen and oxygen atoms in total. The third-order valence-electron chi connectivity index (χ3n) is 16.2. The zero-order valence-electron chi connectivity index (χ0n) is 40.9. The number of aromatic nitrogens is 5. The van der Waals surface area contributed by atoms with Crippen LogP contribution >= 0.6 is 0 Å². The van der Waals surface area contributed by atoms with Crippen molar-refractivity contribution in [1.29, 1.82) is 0 Å². The average molecular weight is 964 g/mol. The molecule has 5 N–H and O–H groups in total. The lowest BCUT2D eigenvalue weighted by molar-refractivity contribution is -0.144. The number of ether oxygens (including phenoxy) is 1. The number of hydrogen-bond acceptors (Lipinski definition) is 12. The van der Waals surface area contributed by atoms with Gasteiger partial charge in [0.25, 0.3) is 0 Å². The number of likely N-dealkylation sites (tertiary alicyclic amines) is 3. The highest BCUT2D eigenvalue weighted by molar-refractivity contribution is 5.93. The van der Waals surface area contributed by atoms with Gasteiger partial charge >= 0.3 is 6.03 Å². The van der Waals surface area contributed by atoms with Gasteiger partial charge in [0.05, 0.1) is 23.9 Å². The number of phenols is 1. The molecule has 0 radical (unpaired) electrons. The second-order valence-corrected chi connectivity index (χ2v) is 20.5. The summed E-state index contributed by atoms with van der Waals surface area (Å²) in [6.07, 6.45) is 14.4. The lowest BCUT2D eigenvalue weighted by atomic mass is 9.75. The number of nitrogens with zero attached hydrogens (tertiary/aromatic N) is 8. The molecule has 5 aromatic rings. The van der Waals surface area contributed by atoms with Crippen LogP contribution in [0.5, 0.6) is 5.75 Å². The molecule has 3 aromatic heterocycles. The molecule has 0 spiro atoms. The summed E-state index contributed by atoms with van der Waals surface area (Å²) in [6.45, 7) is 10.8. The number of urea groups is 1. The maximum atomic E-state index is 14.7. The molecule has 5 atom stereocenters. The Bertz CT molecular complexity index is 2770. The zero-order valence-corrected chi connectivity index (χ0v) is 40.9. The molecule has 4 fully saturated rings. The number of para-hydroxylation sites is 1. The number of nitrogens with one attached hydrogen (secondary N) is 3. The predicted molar refractivity (Wildman–Crippen MR) is 268 cm³/mol. The van der Waals surface area contributed by atoms with Gasteiger partial charge in [0.2, 0.25) is 17.8 Å². The molecule has 0 saturated carbocycles. The molecule has 8 heterocycles. The standard InChI is InChI=1S/C54H65N11O6/c1-5-35-10-12-36(13-11-35)33(2)57-50(68)45-28-40(66)32-65(45)51(69)48(54(4)19-26-71-27-20-54)59-53(70)63-23-16-39(17-24-63)62-21-14-37(15-22-62)38-30-55-52(56-31-38)64-25-18-43-47(34(64)3)42-29-44(60-61-49(42)58-43)41-8-6-7-9-46(41)67/h1,6-13,29-31,33-34,37,39-40,45,48,66-67H,14-28,32H2,2-4H3,(H,57,68)(H,58,61)(H,59,70)/t33-,34+,40+,45-,48-/m0/s1. The minimum Gasteiger partial charge on any atom is -0.507 e. The number of phenolic OH excluding ortho intramolecular Hbond substituents is 1. The van der Waals surface area contributed by atoms with Crippen molar-refractivity contribution in [3.8, 4) is 29.4 Å². The summed E-state index contributed by atoms with van der Waals surface area (Å²) in [5.41, 5.74) is 6.44. The van der Waals surface area contributed by atoms with Crippen LogP contribution < -0.4 is 15.5 Å². The molecule has 4 saturated heterocycles. The van der Waals surface area contributed by atoms with E-state index in [0.29, 0.717) is 68.3 Å². The SMILES string of the molecule is C#Cc1ccc([C@H](C)NC(=O)[C@@H]2C[C@@H](O)CN2C(=O)[C@H](NC(=O)N2CCC(N3CCC(c4cnc(N5CCc6[nH]c7nnc(-c8ccccc8O)cc7c6[C@H]5C)nc4)CC3)CC2)C2(C)CCOCC2)cc1. The van der Waals surface area contributed by atoms with Gasteiger partial charge in [-0.05, 0) is 113 Å². The van der Waals surface area contributed by atoms with E-state index in [1.165, 1.54) is 4.90 Å². The van der Waals surface area contributed by atoms with Crippen molar-refractivity contribution in [1.82, 2.24) is 50.5 Å². The van der Waals surface area contributed by atoms with Crippen molar-refractivity contribution in [2.45, 2.75) is 114 Å². The van der Waals surface area contributed by atoms with E-state index < -0.39 is 23.6 Å². The highest BCUT2D eigenvalue weighted by Gasteiger charge is 2.49. The van der Waals surface area contributed by atoms with Crippen molar-refractivity contribution in [2.24, 2.45) is 5.41 Å². The van der Waals surface area contributed by atoms with E-state index in [4.69, 9.17) is 21.1 Å². The summed E-state index contributed by atoms with van der Waals surface area (Å²) in [5.74, 6) is 3.12. The summed E-state index contributed by atoms with van der Waals surface area (Å²) < 4.78 is 5.70. The molecule has 10 rings (SSSR count). The summed E-state index contributed by atoms with van der Waals surface area (Å²) in [5, 5.41) is 37.4. The number of H-pyrrole nitrogens is 1. The predicted octanol–water partition coefficient (Wildman–Crippen LogP) is 5.60. The lowest BCUT2D eigenvalue weighted by Crippen LogP contribution is -2.62. The summed E-state index contributed by atoms with van der Waals surface area (Å²) >= 11 is 0. The van der Waals surface area contributed by atoms with Crippen LogP contribution in [0.25, 0.3) is 22.3 Å². The summed E-state index contributed by atoms with van der Waals surface area (Å²) in [4.78, 5) is 64.1. The van der Waals surface area contributed by atoms with E-state index in [1.54, 1.807) is 12.1 Å². The first-order valence-corrected chi connectivity index (χ1v) is 25.3. The van der Waals surface area contributed by atoms with Crippen molar-refractivity contribution in [2.75, 3.05) is 57.4 Å². The van der Waals surface area contributed by atoms with Gasteiger partial charge in [-0.3, -0.25) is 9.59 Å². The fourth-order valence-electron chi connectivity index (χ4n) is 11.7. The Morgan fingerprint density at radius 1 is 0.944 bits per heavy atom. The van der Waals surface area contributed by atoms with Gasteiger partial charge in [0.1, 0.15) is 17.8 Å². The normalized spacial score (nSPS) is 22.9. The fourth-order valence-corrected chi connectivity index (χ4v) is 11.7. The number of β-amino-alcohol motifs (C(OH)–C–C–N with tert-alkyl or cyclic N) is 1. The number of aliphatic hydroxyl groups excluding tert-OH is 1. The van der Waals surface area contributed by atoms with Crippen LogP contribution in [0.15, 0.2) is 67.0 Å². The smallest absolute Gasteiger partial charge is 0.318 e. The second kappa shape index (κ2) is 20.2. The highest BCUT2D eigenvalue weighted by Crippen LogP contribution is 2.40. The van der Waals surface area contributed by atoms with Crippen molar-refractivity contribution in [3.05, 3.63) is 94.9 Å². The number of rotatable bonds is 10. The molecule has 71 heavy (non-hydrogen) atoms. The Labute approximate surface area is 414 Å². The zero-order chi connectivity index (χ0) is 49.4. The van der Waals surface area contributed by atoms with Crippen LogP contribution in [0, 0.1) is 17.8 Å². The monoisotopic (exact) mass is 964 g/mol. The molecule has 17 heteroatoms. The fraction of sp³-hybridized carbons (Fsp3) is 0.500. The molecule has 5 aliphatic rings. The number of aliphatic hydroxyl groups is 1. The number of carbonyl (C=O) groups is 3. The lowest BCUT2D eigenvalue weighted by Gasteiger charge is -2.44. The second-order valence-electron chi connectivity index (χ2n) is 20.5. The molecule has 372 valence electrons. The molecular weight excluding hydrogens is 899 g/mol. The molecule has 0 aliphatic carbocycles. The minimum absolute atomic E-state index is 0.00262. The van der Waals surface area contributed by atoms with Crippen LogP contribution in [0.2, 0.25) is 0 Å². The van der Waals surface area contributed by atoms with Gasteiger partial charge in [-0.1, -0.05) is 37.1 Å². The molecule has 4 amide bonds. The number of aromatic hydroxyl groups is 1. The van der Waals surface area contributed by atoms with Crippen molar-refractivity contribution >= 4 is 34.8 Å². The van der Waals surface area contributed by atoms with Gasteiger partial charge in [-0.2, -0.15) is 0 Å². The van der Waals surface area contributed by atoms with Gasteiger partial charge in [-0.15, -0.1) is 16.6 Å². The average Bonchev–Trinajstić information content (AvgIpc) is 3.99. The van der Waals surface area contributed by atoms with Crippen LogP contribution in [-0.2, 0) is 20.7 Å². The number of piperidine rings is 2. The quantitative estimate of drug-likeness (QED) is 0.109. The number of hydrogen-bond donors (Lipinski definition) is 5. The van der Waals surface area contributed by atoms with Gasteiger partial charge < -0.3 is 50.2 Å². The number of amides is 4. The maximum absolute atomic E-state index is 14.7. The van der Waals surface area contributed by atoms with E-state index in [2.05, 4.69) is 48.5 Å². The third-order valence-corrected chi connectivity index (χ3v) is 16.2. The van der Waals surface area contributed by atoms with E-state index in [1.807, 2.05) is 73.6 Å². The Balaban J connectivity index is 0.731. The Morgan fingerprint density at radius 2 is 1.66 bits per heavy atom. The Hall–Kier alpha value is -6.61. The number of aromatic amines is 1. The molecule has 2 aromatic carbocycles. The van der Waals surface area contributed by atoms with Gasteiger partial charge in [0.15, 0.2) is 5.65 Å². The van der Waals surface area contributed by atoms with Crippen molar-refractivity contribution in [3.63, 3.8) is 0 Å². The topological polar surface area (TPSA) is 205 Å². The van der Waals surface area contributed by atoms with Crippen molar-refractivity contribution < 1.29 is 29.3 Å². The summed E-state index contributed by atoms with van der Waals surface area (Å²) in [7, 11) is 0. The minimum atomic E-state index is -0.903. The molecular formula is C54H65N11O6. The van der Waals surface area contributed by atoms with Crippen LogP contribution in [-0.4, -0.2) is 145 Å². The van der Waals surface area contributed by atoms with E-state index in [-0.39, 0.29) is 48.6 Å². The first-order valence-electron chi connectivity index (χ1n) is 25.3. The summed E-state index contributed by atoms with van der Waals surface area (Å²) in [6, 6.07) is 14.5. The molecule has 0 unspecified atom stereocenters. The third kappa shape index (κ3) is 9.77. The number of fused-ring (bicyclic) bond motifs is 3. The number of anilines is 1.